The number of alkyl halides is 3. The first-order chi connectivity index (χ1) is 18.0. The lowest BCUT2D eigenvalue weighted by Crippen LogP contribution is -2.43. The number of hydrogen-bond donors (Lipinski definition) is 1. The van der Waals surface area contributed by atoms with Gasteiger partial charge in [-0.05, 0) is 53.4 Å². The van der Waals surface area contributed by atoms with Gasteiger partial charge in [0.2, 0.25) is 0 Å². The molecular formula is C29H22ClF3N4O. The summed E-state index contributed by atoms with van der Waals surface area (Å²) in [6.45, 7) is 1.49. The zero-order valence-corrected chi connectivity index (χ0v) is 21.2. The van der Waals surface area contributed by atoms with E-state index in [4.69, 9.17) is 11.6 Å². The lowest BCUT2D eigenvalue weighted by Gasteiger charge is -2.39. The van der Waals surface area contributed by atoms with Gasteiger partial charge in [0.05, 0.1) is 41.3 Å². The average Bonchev–Trinajstić information content (AvgIpc) is 3.34. The molecule has 1 aromatic heterocycles. The van der Waals surface area contributed by atoms with Crippen molar-refractivity contribution in [1.29, 1.82) is 5.26 Å². The van der Waals surface area contributed by atoms with Gasteiger partial charge in [-0.25, -0.2) is 9.98 Å². The molecule has 0 spiro atoms. The quantitative estimate of drug-likeness (QED) is 0.322. The fourth-order valence-electron chi connectivity index (χ4n) is 5.25. The fourth-order valence-corrected chi connectivity index (χ4v) is 5.37. The van der Waals surface area contributed by atoms with Gasteiger partial charge < -0.3 is 9.67 Å². The Bertz CT molecular complexity index is 1570. The van der Waals surface area contributed by atoms with E-state index in [2.05, 4.69) is 16.0 Å². The minimum Gasteiger partial charge on any atom is -0.374 e. The Kier molecular flexibility index (Phi) is 6.17. The average molecular weight is 535 g/mol. The summed E-state index contributed by atoms with van der Waals surface area (Å²) in [6.07, 6.45) is -1.70. The molecule has 38 heavy (non-hydrogen) atoms. The van der Waals surface area contributed by atoms with Gasteiger partial charge in [-0.15, -0.1) is 0 Å². The molecule has 0 radical (unpaired) electrons. The van der Waals surface area contributed by atoms with E-state index in [1.165, 1.54) is 25.3 Å². The molecule has 3 atom stereocenters. The Hall–Kier alpha value is -3.93. The van der Waals surface area contributed by atoms with Crippen LogP contribution in [0.4, 0.5) is 18.9 Å². The summed E-state index contributed by atoms with van der Waals surface area (Å²) in [5.74, 6) is -1.38. The van der Waals surface area contributed by atoms with Crippen molar-refractivity contribution in [2.45, 2.75) is 30.0 Å². The Labute approximate surface area is 222 Å². The number of aliphatic hydroxyl groups is 1. The third-order valence-electron chi connectivity index (χ3n) is 7.17. The van der Waals surface area contributed by atoms with Crippen LogP contribution in [0.3, 0.4) is 0 Å². The van der Waals surface area contributed by atoms with Crippen LogP contribution >= 0.6 is 11.6 Å². The van der Waals surface area contributed by atoms with Crippen LogP contribution < -0.4 is 0 Å². The maximum absolute atomic E-state index is 14.3. The molecule has 0 saturated heterocycles. The fraction of sp³-hybridized carbons (Fsp3) is 0.207. The molecule has 192 valence electrons. The second kappa shape index (κ2) is 9.12. The Balaban J connectivity index is 1.79. The first-order valence-corrected chi connectivity index (χ1v) is 12.1. The molecule has 0 aliphatic carbocycles. The molecule has 1 aliphatic heterocycles. The summed E-state index contributed by atoms with van der Waals surface area (Å²) < 4.78 is 44.6. The van der Waals surface area contributed by atoms with Crippen molar-refractivity contribution in [2.24, 2.45) is 12.0 Å². The van der Waals surface area contributed by atoms with E-state index in [1.807, 2.05) is 0 Å². The lowest BCUT2D eigenvalue weighted by molar-refractivity contribution is -0.0624. The summed E-state index contributed by atoms with van der Waals surface area (Å²) in [6, 6.07) is 21.4. The van der Waals surface area contributed by atoms with Crippen molar-refractivity contribution in [3.63, 3.8) is 0 Å². The molecule has 0 amide bonds. The van der Waals surface area contributed by atoms with Crippen molar-refractivity contribution in [3.8, 4) is 6.07 Å². The van der Waals surface area contributed by atoms with Crippen molar-refractivity contribution in [2.75, 3.05) is 0 Å². The summed E-state index contributed by atoms with van der Waals surface area (Å²) in [7, 11) is 1.73. The van der Waals surface area contributed by atoms with Gasteiger partial charge in [0.15, 0.2) is 5.60 Å². The number of rotatable bonds is 4. The van der Waals surface area contributed by atoms with Gasteiger partial charge in [0.25, 0.3) is 0 Å². The van der Waals surface area contributed by atoms with Crippen LogP contribution in [0.25, 0.3) is 0 Å². The van der Waals surface area contributed by atoms with Gasteiger partial charge in [-0.2, -0.15) is 18.4 Å². The standard InChI is InChI=1S/C29H22ClF3N4O/c1-27(16-34)22-14-20(28(38,24-15-35-17-37(24)2)19-8-11-21(30)12-9-19)10-13-23(22)36-26(29(31,32)33)25(27)18-6-4-3-5-7-18/h3-15,17,25,38H,1-2H3. The topological polar surface area (TPSA) is 74.2 Å². The van der Waals surface area contributed by atoms with Gasteiger partial charge >= 0.3 is 6.18 Å². The molecule has 0 saturated carbocycles. The molecule has 9 heteroatoms. The highest BCUT2D eigenvalue weighted by Gasteiger charge is 2.53. The molecule has 3 aromatic carbocycles. The van der Waals surface area contributed by atoms with E-state index >= 15 is 0 Å². The van der Waals surface area contributed by atoms with Gasteiger partial charge in [0.1, 0.15) is 5.71 Å². The molecule has 4 aromatic rings. The lowest BCUT2D eigenvalue weighted by atomic mass is 9.65. The molecule has 1 N–H and O–H groups in total. The molecule has 2 heterocycles. The van der Waals surface area contributed by atoms with Crippen molar-refractivity contribution in [3.05, 3.63) is 118 Å². The summed E-state index contributed by atoms with van der Waals surface area (Å²) in [4.78, 5) is 8.18. The van der Waals surface area contributed by atoms with Gasteiger partial charge in [-0.3, -0.25) is 0 Å². The molecule has 5 rings (SSSR count). The highest BCUT2D eigenvalue weighted by molar-refractivity contribution is 6.30. The van der Waals surface area contributed by atoms with E-state index in [-0.39, 0.29) is 11.3 Å². The molecule has 5 nitrogen and oxygen atoms in total. The first kappa shape index (κ1) is 25.7. The van der Waals surface area contributed by atoms with Crippen LogP contribution in [0.2, 0.25) is 5.02 Å². The maximum Gasteiger partial charge on any atom is 0.430 e. The number of aromatic nitrogens is 2. The SMILES string of the molecule is Cn1cncc1C(O)(c1ccc(Cl)cc1)c1ccc2c(c1)C(C)(C#N)C(c1ccccc1)C(C(F)(F)F)=N2. The van der Waals surface area contributed by atoms with E-state index in [0.717, 1.165) is 0 Å². The Morgan fingerprint density at radius 1 is 1.03 bits per heavy atom. The number of nitrogens with zero attached hydrogens (tertiary/aromatic N) is 4. The highest BCUT2D eigenvalue weighted by Crippen LogP contribution is 2.51. The second-order valence-corrected chi connectivity index (χ2v) is 9.93. The molecular weight excluding hydrogens is 513 g/mol. The van der Waals surface area contributed by atoms with Crippen LogP contribution in [0.5, 0.6) is 0 Å². The van der Waals surface area contributed by atoms with E-state index < -0.39 is 28.8 Å². The predicted octanol–water partition coefficient (Wildman–Crippen LogP) is 6.57. The summed E-state index contributed by atoms with van der Waals surface area (Å²) in [5, 5.41) is 23.2. The smallest absolute Gasteiger partial charge is 0.374 e. The number of nitriles is 1. The zero-order chi connectivity index (χ0) is 27.3. The van der Waals surface area contributed by atoms with Crippen molar-refractivity contribution in [1.82, 2.24) is 9.55 Å². The maximum atomic E-state index is 14.3. The Morgan fingerprint density at radius 3 is 2.26 bits per heavy atom. The third kappa shape index (κ3) is 3.99. The number of aliphatic imine (C=N–C) groups is 1. The van der Waals surface area contributed by atoms with Crippen LogP contribution in [-0.4, -0.2) is 26.5 Å². The third-order valence-corrected chi connectivity index (χ3v) is 7.42. The van der Waals surface area contributed by atoms with Gasteiger partial charge in [-0.1, -0.05) is 60.1 Å². The minimum atomic E-state index is -4.76. The predicted molar refractivity (Wildman–Crippen MR) is 139 cm³/mol. The molecule has 3 unspecified atom stereocenters. The van der Waals surface area contributed by atoms with E-state index in [1.54, 1.807) is 78.6 Å². The largest absolute Gasteiger partial charge is 0.430 e. The number of hydrogen-bond acceptors (Lipinski definition) is 4. The van der Waals surface area contributed by atoms with Crippen LogP contribution in [-0.2, 0) is 18.1 Å². The normalized spacial score (nSPS) is 20.7. The molecule has 0 bridgehead atoms. The second-order valence-electron chi connectivity index (χ2n) is 9.49. The van der Waals surface area contributed by atoms with E-state index in [9.17, 15) is 23.5 Å². The zero-order valence-electron chi connectivity index (χ0n) is 20.4. The van der Waals surface area contributed by atoms with E-state index in [0.29, 0.717) is 27.4 Å². The highest BCUT2D eigenvalue weighted by atomic mass is 35.5. The number of fused-ring (bicyclic) bond motifs is 1. The monoisotopic (exact) mass is 534 g/mol. The first-order valence-electron chi connectivity index (χ1n) is 11.7. The summed E-state index contributed by atoms with van der Waals surface area (Å²) >= 11 is 6.10. The Morgan fingerprint density at radius 2 is 1.68 bits per heavy atom. The number of aryl methyl sites for hydroxylation is 1. The molecule has 0 fully saturated rings. The molecule has 1 aliphatic rings. The van der Waals surface area contributed by atoms with Crippen molar-refractivity contribution < 1.29 is 18.3 Å². The number of halogens is 4. The number of imidazole rings is 1. The van der Waals surface area contributed by atoms with Crippen LogP contribution in [0, 0.1) is 11.3 Å². The summed E-state index contributed by atoms with van der Waals surface area (Å²) in [5.41, 5.74) is -2.55. The van der Waals surface area contributed by atoms with Crippen LogP contribution in [0.1, 0.15) is 40.8 Å². The van der Waals surface area contributed by atoms with Gasteiger partial charge in [0, 0.05) is 12.1 Å². The van der Waals surface area contributed by atoms with Crippen LogP contribution in [0.15, 0.2) is 90.3 Å². The van der Waals surface area contributed by atoms with Crippen molar-refractivity contribution >= 4 is 23.0 Å². The minimum absolute atomic E-state index is 0.0285. The number of benzene rings is 3.